The van der Waals surface area contributed by atoms with Gasteiger partial charge in [0.15, 0.2) is 15.7 Å². The van der Waals surface area contributed by atoms with Gasteiger partial charge < -0.3 is 20.4 Å². The second-order valence-corrected chi connectivity index (χ2v) is 11.0. The Hall–Kier alpha value is -3.14. The Morgan fingerprint density at radius 2 is 1.79 bits per heavy atom. The van der Waals surface area contributed by atoms with E-state index in [2.05, 4.69) is 55.7 Å². The standard InChI is InChI=1S/C24H25ClN6O2S/c1-30-9-11-31(12-10-30)21-7-6-18-14-17(21)5-3-16-4-8-22(34(2,32)33)20(13-16)28-23-19(25)15-26-24(27-18)29-23/h3-8,13-15H,9-12H2,1-2H3,(H2,26,27,28,29)/b5-3-. The van der Waals surface area contributed by atoms with Crippen LogP contribution < -0.4 is 15.5 Å². The van der Waals surface area contributed by atoms with Gasteiger partial charge in [0, 0.05) is 43.8 Å². The van der Waals surface area contributed by atoms with E-state index in [0.717, 1.165) is 48.7 Å². The van der Waals surface area contributed by atoms with Gasteiger partial charge in [-0.1, -0.05) is 29.8 Å². The zero-order valence-electron chi connectivity index (χ0n) is 18.9. The summed E-state index contributed by atoms with van der Waals surface area (Å²) in [4.78, 5) is 13.7. The van der Waals surface area contributed by atoms with Gasteiger partial charge in [0.05, 0.1) is 16.8 Å². The van der Waals surface area contributed by atoms with E-state index in [1.165, 1.54) is 12.5 Å². The van der Waals surface area contributed by atoms with Crippen molar-refractivity contribution in [2.24, 2.45) is 0 Å². The molecule has 0 aliphatic carbocycles. The molecule has 2 aromatic carbocycles. The number of nitrogens with one attached hydrogen (secondary N) is 2. The number of rotatable bonds is 2. The largest absolute Gasteiger partial charge is 0.368 e. The molecule has 2 aliphatic heterocycles. The lowest BCUT2D eigenvalue weighted by molar-refractivity contribution is 0.313. The summed E-state index contributed by atoms with van der Waals surface area (Å²) >= 11 is 6.33. The van der Waals surface area contributed by atoms with Crippen LogP contribution in [0.5, 0.6) is 0 Å². The van der Waals surface area contributed by atoms with Crippen molar-refractivity contribution >= 4 is 62.4 Å². The Bertz CT molecular complexity index is 1380. The minimum atomic E-state index is -3.48. The number of halogens is 1. The average molecular weight is 497 g/mol. The maximum Gasteiger partial charge on any atom is 0.229 e. The van der Waals surface area contributed by atoms with Crippen LogP contribution in [0.3, 0.4) is 0 Å². The van der Waals surface area contributed by atoms with E-state index in [-0.39, 0.29) is 9.92 Å². The number of aromatic nitrogens is 2. The first-order valence-electron chi connectivity index (χ1n) is 10.9. The first-order chi connectivity index (χ1) is 16.3. The number of piperazine rings is 1. The van der Waals surface area contributed by atoms with E-state index in [9.17, 15) is 8.42 Å². The normalized spacial score (nSPS) is 17.0. The van der Waals surface area contributed by atoms with Crippen LogP contribution in [0.4, 0.5) is 28.8 Å². The molecule has 34 heavy (non-hydrogen) atoms. The van der Waals surface area contributed by atoms with E-state index < -0.39 is 9.84 Å². The first kappa shape index (κ1) is 22.6. The number of hydrogen-bond acceptors (Lipinski definition) is 8. The number of benzene rings is 2. The van der Waals surface area contributed by atoms with Crippen molar-refractivity contribution < 1.29 is 8.42 Å². The molecule has 1 saturated heterocycles. The highest BCUT2D eigenvalue weighted by Crippen LogP contribution is 2.33. The van der Waals surface area contributed by atoms with E-state index in [1.54, 1.807) is 18.2 Å². The van der Waals surface area contributed by atoms with E-state index >= 15 is 0 Å². The molecule has 0 spiro atoms. The topological polar surface area (TPSA) is 90.5 Å². The van der Waals surface area contributed by atoms with Gasteiger partial charge in [-0.25, -0.2) is 13.4 Å². The van der Waals surface area contributed by atoms with Gasteiger partial charge in [-0.05, 0) is 48.5 Å². The SMILES string of the molecule is CN1CCN(c2ccc3cc2/C=C\c2ccc(S(C)(=O)=O)c(c2)Nc2nc(ncc2Cl)N3)CC1. The summed E-state index contributed by atoms with van der Waals surface area (Å²) < 4.78 is 24.8. The fraction of sp³-hybridized carbons (Fsp3) is 0.250. The molecule has 0 amide bonds. The summed E-state index contributed by atoms with van der Waals surface area (Å²) in [6.07, 6.45) is 6.70. The molecule has 6 bridgehead atoms. The maximum atomic E-state index is 12.4. The molecule has 0 atom stereocenters. The fourth-order valence-corrected chi connectivity index (χ4v) is 5.09. The summed E-state index contributed by atoms with van der Waals surface area (Å²) in [6, 6.07) is 11.4. The van der Waals surface area contributed by atoms with Crippen molar-refractivity contribution in [1.29, 1.82) is 0 Å². The highest BCUT2D eigenvalue weighted by molar-refractivity contribution is 7.90. The molecule has 2 aliphatic rings. The van der Waals surface area contributed by atoms with Crippen LogP contribution in [0.2, 0.25) is 5.02 Å². The lowest BCUT2D eigenvalue weighted by atomic mass is 10.1. The predicted octanol–water partition coefficient (Wildman–Crippen LogP) is 4.26. The predicted molar refractivity (Wildman–Crippen MR) is 138 cm³/mol. The zero-order chi connectivity index (χ0) is 23.9. The average Bonchev–Trinajstić information content (AvgIpc) is 2.80. The summed E-state index contributed by atoms with van der Waals surface area (Å²) in [5.74, 6) is 0.671. The van der Waals surface area contributed by atoms with Crippen LogP contribution >= 0.6 is 11.6 Å². The number of nitrogens with zero attached hydrogens (tertiary/aromatic N) is 4. The summed E-state index contributed by atoms with van der Waals surface area (Å²) in [5, 5.41) is 6.61. The van der Waals surface area contributed by atoms with Crippen molar-refractivity contribution in [3.63, 3.8) is 0 Å². The Balaban J connectivity index is 1.65. The molecule has 3 aromatic rings. The van der Waals surface area contributed by atoms with Gasteiger partial charge in [0.25, 0.3) is 0 Å². The molecule has 8 nitrogen and oxygen atoms in total. The zero-order valence-corrected chi connectivity index (χ0v) is 20.5. The van der Waals surface area contributed by atoms with Crippen molar-refractivity contribution in [2.75, 3.05) is 55.0 Å². The molecule has 0 radical (unpaired) electrons. The van der Waals surface area contributed by atoms with E-state index in [4.69, 9.17) is 11.6 Å². The minimum absolute atomic E-state index is 0.169. The maximum absolute atomic E-state index is 12.4. The Kier molecular flexibility index (Phi) is 5.93. The van der Waals surface area contributed by atoms with E-state index in [0.29, 0.717) is 17.5 Å². The lowest BCUT2D eigenvalue weighted by Gasteiger charge is -2.35. The van der Waals surface area contributed by atoms with Gasteiger partial charge >= 0.3 is 0 Å². The highest BCUT2D eigenvalue weighted by Gasteiger charge is 2.19. The van der Waals surface area contributed by atoms with Crippen LogP contribution in [0.15, 0.2) is 47.5 Å². The van der Waals surface area contributed by atoms with Gasteiger partial charge in [-0.15, -0.1) is 0 Å². The quantitative estimate of drug-likeness (QED) is 0.425. The summed E-state index contributed by atoms with van der Waals surface area (Å²) in [6.45, 7) is 3.91. The van der Waals surface area contributed by atoms with Gasteiger partial charge in [0.1, 0.15) is 5.02 Å². The molecule has 2 N–H and O–H groups in total. The Morgan fingerprint density at radius 3 is 2.56 bits per heavy atom. The second kappa shape index (κ2) is 8.90. The molecule has 0 saturated carbocycles. The molecule has 10 heteroatoms. The number of likely N-dealkylation sites (N-methyl/N-ethyl adjacent to an activating group) is 1. The smallest absolute Gasteiger partial charge is 0.229 e. The Labute approximate surface area is 204 Å². The third-order valence-corrected chi connectivity index (χ3v) is 7.41. The number of sulfone groups is 1. The third-order valence-electron chi connectivity index (χ3n) is 5.98. The minimum Gasteiger partial charge on any atom is -0.368 e. The molecular weight excluding hydrogens is 472 g/mol. The Morgan fingerprint density at radius 1 is 1.00 bits per heavy atom. The fourth-order valence-electron chi connectivity index (χ4n) is 4.13. The van der Waals surface area contributed by atoms with Crippen LogP contribution in [0.1, 0.15) is 11.1 Å². The monoisotopic (exact) mass is 496 g/mol. The van der Waals surface area contributed by atoms with Crippen molar-refractivity contribution in [1.82, 2.24) is 14.9 Å². The van der Waals surface area contributed by atoms with Gasteiger partial charge in [-0.3, -0.25) is 0 Å². The highest BCUT2D eigenvalue weighted by atomic mass is 35.5. The van der Waals surface area contributed by atoms with Crippen LogP contribution in [-0.2, 0) is 9.84 Å². The molecule has 176 valence electrons. The van der Waals surface area contributed by atoms with Gasteiger partial charge in [0.2, 0.25) is 5.95 Å². The van der Waals surface area contributed by atoms with Crippen molar-refractivity contribution in [2.45, 2.75) is 4.90 Å². The number of fused-ring (bicyclic) bond motifs is 6. The van der Waals surface area contributed by atoms with Crippen LogP contribution in [0.25, 0.3) is 12.2 Å². The lowest BCUT2D eigenvalue weighted by Crippen LogP contribution is -2.44. The third kappa shape index (κ3) is 4.72. The first-order valence-corrected chi connectivity index (χ1v) is 13.2. The molecule has 0 unspecified atom stereocenters. The molecular formula is C24H25ClN6O2S. The number of hydrogen-bond donors (Lipinski definition) is 2. The summed E-state index contributed by atoms with van der Waals surface area (Å²) in [7, 11) is -1.34. The molecule has 5 rings (SSSR count). The molecule has 1 aromatic heterocycles. The van der Waals surface area contributed by atoms with Crippen molar-refractivity contribution in [3.05, 3.63) is 58.7 Å². The molecule has 3 heterocycles. The van der Waals surface area contributed by atoms with Crippen LogP contribution in [0, 0.1) is 0 Å². The van der Waals surface area contributed by atoms with Gasteiger partial charge in [-0.2, -0.15) is 4.98 Å². The summed E-state index contributed by atoms with van der Waals surface area (Å²) in [5.41, 5.74) is 4.29. The number of anilines is 5. The second-order valence-electron chi connectivity index (χ2n) is 8.57. The van der Waals surface area contributed by atoms with Crippen LogP contribution in [-0.4, -0.2) is 62.8 Å². The molecule has 1 fully saturated rings. The van der Waals surface area contributed by atoms with Crippen molar-refractivity contribution in [3.8, 4) is 0 Å². The van der Waals surface area contributed by atoms with E-state index in [1.807, 2.05) is 12.1 Å².